The zero-order chi connectivity index (χ0) is 17.0. The Morgan fingerprint density at radius 2 is 1.87 bits per heavy atom. The summed E-state index contributed by atoms with van der Waals surface area (Å²) in [6, 6.07) is 8.63. The van der Waals surface area contributed by atoms with Crippen LogP contribution >= 0.6 is 11.6 Å². The van der Waals surface area contributed by atoms with Gasteiger partial charge in [0.05, 0.1) is 18.4 Å². The standard InChI is InChI=1S/C15H11ClF3NO3/c1-22-14(21)10-6-12(20-13(16)7-10)9-2-4-11(5-3-9)23-8-15(17,18)19/h2-7H,8H2,1H3. The molecule has 8 heteroatoms. The molecular weight excluding hydrogens is 335 g/mol. The fourth-order valence-electron chi connectivity index (χ4n) is 1.77. The summed E-state index contributed by atoms with van der Waals surface area (Å²) < 4.78 is 45.5. The number of methoxy groups -OCH3 is 1. The van der Waals surface area contributed by atoms with Gasteiger partial charge >= 0.3 is 12.1 Å². The molecule has 2 aromatic rings. The van der Waals surface area contributed by atoms with Gasteiger partial charge in [0.1, 0.15) is 10.9 Å². The lowest BCUT2D eigenvalue weighted by Crippen LogP contribution is -2.19. The second-order valence-corrected chi connectivity index (χ2v) is 4.87. The predicted octanol–water partition coefficient (Wildman–Crippen LogP) is 4.13. The van der Waals surface area contributed by atoms with Gasteiger partial charge in [-0.15, -0.1) is 0 Å². The summed E-state index contributed by atoms with van der Waals surface area (Å²) >= 11 is 5.86. The van der Waals surface area contributed by atoms with E-state index in [1.54, 1.807) is 0 Å². The molecule has 0 fully saturated rings. The number of carbonyl (C=O) groups excluding carboxylic acids is 1. The van der Waals surface area contributed by atoms with Crippen LogP contribution in [0.5, 0.6) is 5.75 Å². The molecule has 2 rings (SSSR count). The van der Waals surface area contributed by atoms with Crippen molar-refractivity contribution in [2.24, 2.45) is 0 Å². The fraction of sp³-hybridized carbons (Fsp3) is 0.200. The van der Waals surface area contributed by atoms with Crippen molar-refractivity contribution in [3.8, 4) is 17.0 Å². The Labute approximate surface area is 134 Å². The van der Waals surface area contributed by atoms with Crippen LogP contribution < -0.4 is 4.74 Å². The highest BCUT2D eigenvalue weighted by Gasteiger charge is 2.28. The van der Waals surface area contributed by atoms with Crippen LogP contribution in [0.25, 0.3) is 11.3 Å². The van der Waals surface area contributed by atoms with Crippen molar-refractivity contribution in [2.75, 3.05) is 13.7 Å². The van der Waals surface area contributed by atoms with Crippen LogP contribution in [-0.4, -0.2) is 30.8 Å². The summed E-state index contributed by atoms with van der Waals surface area (Å²) in [7, 11) is 1.24. The Kier molecular flexibility index (Phi) is 5.10. The zero-order valence-corrected chi connectivity index (χ0v) is 12.6. The third-order valence-electron chi connectivity index (χ3n) is 2.77. The van der Waals surface area contributed by atoms with Crippen LogP contribution in [0.3, 0.4) is 0 Å². The van der Waals surface area contributed by atoms with Crippen LogP contribution in [0, 0.1) is 0 Å². The lowest BCUT2D eigenvalue weighted by atomic mass is 10.1. The van der Waals surface area contributed by atoms with Gasteiger partial charge in [-0.3, -0.25) is 0 Å². The van der Waals surface area contributed by atoms with Crippen LogP contribution in [-0.2, 0) is 4.74 Å². The van der Waals surface area contributed by atoms with E-state index >= 15 is 0 Å². The molecule has 122 valence electrons. The molecule has 0 unspecified atom stereocenters. The van der Waals surface area contributed by atoms with Crippen LogP contribution in [0.4, 0.5) is 13.2 Å². The number of halogens is 4. The van der Waals surface area contributed by atoms with E-state index in [0.29, 0.717) is 11.3 Å². The lowest BCUT2D eigenvalue weighted by molar-refractivity contribution is -0.153. The lowest BCUT2D eigenvalue weighted by Gasteiger charge is -2.10. The second kappa shape index (κ2) is 6.87. The molecule has 4 nitrogen and oxygen atoms in total. The summed E-state index contributed by atoms with van der Waals surface area (Å²) in [6.07, 6.45) is -4.40. The number of esters is 1. The van der Waals surface area contributed by atoms with E-state index in [1.807, 2.05) is 0 Å². The molecule has 0 saturated heterocycles. The molecule has 0 spiro atoms. The number of ether oxygens (including phenoxy) is 2. The number of benzene rings is 1. The van der Waals surface area contributed by atoms with Crippen molar-refractivity contribution >= 4 is 17.6 Å². The first-order valence-corrected chi connectivity index (χ1v) is 6.72. The van der Waals surface area contributed by atoms with E-state index in [-0.39, 0.29) is 16.5 Å². The first-order chi connectivity index (χ1) is 10.8. The quantitative estimate of drug-likeness (QED) is 0.617. The smallest absolute Gasteiger partial charge is 0.422 e. The largest absolute Gasteiger partial charge is 0.484 e. The molecule has 1 aromatic heterocycles. The Bertz CT molecular complexity index is 702. The summed E-state index contributed by atoms with van der Waals surface area (Å²) in [5, 5.41) is 0.0975. The first-order valence-electron chi connectivity index (χ1n) is 6.34. The van der Waals surface area contributed by atoms with Gasteiger partial charge in [-0.2, -0.15) is 13.2 Å². The Morgan fingerprint density at radius 3 is 2.43 bits per heavy atom. The molecule has 0 radical (unpaired) electrons. The van der Waals surface area contributed by atoms with Gasteiger partial charge < -0.3 is 9.47 Å². The maximum absolute atomic E-state index is 12.1. The van der Waals surface area contributed by atoms with Crippen LogP contribution in [0.2, 0.25) is 5.15 Å². The fourth-order valence-corrected chi connectivity index (χ4v) is 1.98. The summed E-state index contributed by atoms with van der Waals surface area (Å²) in [4.78, 5) is 15.6. The van der Waals surface area contributed by atoms with Gasteiger partial charge in [0, 0.05) is 5.56 Å². The SMILES string of the molecule is COC(=O)c1cc(Cl)nc(-c2ccc(OCC(F)(F)F)cc2)c1. The average molecular weight is 346 g/mol. The Hall–Kier alpha value is -2.28. The first kappa shape index (κ1) is 17.1. The number of nitrogens with zero attached hydrogens (tertiary/aromatic N) is 1. The highest BCUT2D eigenvalue weighted by Crippen LogP contribution is 2.25. The average Bonchev–Trinajstić information content (AvgIpc) is 2.51. The van der Waals surface area contributed by atoms with Crippen molar-refractivity contribution < 1.29 is 27.4 Å². The molecule has 0 aliphatic rings. The van der Waals surface area contributed by atoms with E-state index in [1.165, 1.54) is 43.5 Å². The van der Waals surface area contributed by atoms with Crippen LogP contribution in [0.15, 0.2) is 36.4 Å². The maximum atomic E-state index is 12.1. The number of carbonyl (C=O) groups is 1. The van der Waals surface area contributed by atoms with Crippen molar-refractivity contribution in [3.63, 3.8) is 0 Å². The molecule has 1 aromatic carbocycles. The maximum Gasteiger partial charge on any atom is 0.422 e. The molecule has 0 amide bonds. The van der Waals surface area contributed by atoms with Crippen molar-refractivity contribution in [1.82, 2.24) is 4.98 Å². The third-order valence-corrected chi connectivity index (χ3v) is 2.96. The van der Waals surface area contributed by atoms with Crippen LogP contribution in [0.1, 0.15) is 10.4 Å². The molecule has 0 N–H and O–H groups in total. The van der Waals surface area contributed by atoms with Gasteiger partial charge in [-0.25, -0.2) is 9.78 Å². The normalized spacial score (nSPS) is 11.2. The summed E-state index contributed by atoms with van der Waals surface area (Å²) in [5.41, 5.74) is 1.18. The number of rotatable bonds is 4. The minimum atomic E-state index is -4.40. The van der Waals surface area contributed by atoms with Gasteiger partial charge in [-0.1, -0.05) is 11.6 Å². The van der Waals surface area contributed by atoms with E-state index in [0.717, 1.165) is 0 Å². The number of hydrogen-bond donors (Lipinski definition) is 0. The molecule has 0 aliphatic heterocycles. The van der Waals surface area contributed by atoms with Crippen molar-refractivity contribution in [2.45, 2.75) is 6.18 Å². The van der Waals surface area contributed by atoms with Gasteiger partial charge in [0.25, 0.3) is 0 Å². The minimum Gasteiger partial charge on any atom is -0.484 e. The van der Waals surface area contributed by atoms with E-state index in [2.05, 4.69) is 14.5 Å². The molecule has 0 aliphatic carbocycles. The van der Waals surface area contributed by atoms with Gasteiger partial charge in [0.15, 0.2) is 6.61 Å². The molecule has 0 saturated carbocycles. The van der Waals surface area contributed by atoms with Gasteiger partial charge in [0.2, 0.25) is 0 Å². The number of alkyl halides is 3. The van der Waals surface area contributed by atoms with E-state index in [9.17, 15) is 18.0 Å². The second-order valence-electron chi connectivity index (χ2n) is 4.48. The summed E-state index contributed by atoms with van der Waals surface area (Å²) in [5.74, 6) is -0.498. The molecule has 0 bridgehead atoms. The number of hydrogen-bond acceptors (Lipinski definition) is 4. The molecule has 23 heavy (non-hydrogen) atoms. The number of aromatic nitrogens is 1. The highest BCUT2D eigenvalue weighted by molar-refractivity contribution is 6.29. The Balaban J connectivity index is 2.22. The van der Waals surface area contributed by atoms with E-state index < -0.39 is 18.8 Å². The van der Waals surface area contributed by atoms with Crippen molar-refractivity contribution in [1.29, 1.82) is 0 Å². The predicted molar refractivity (Wildman–Crippen MR) is 77.6 cm³/mol. The van der Waals surface area contributed by atoms with E-state index in [4.69, 9.17) is 11.6 Å². The topological polar surface area (TPSA) is 48.4 Å². The minimum absolute atomic E-state index is 0.0706. The van der Waals surface area contributed by atoms with Crippen molar-refractivity contribution in [3.05, 3.63) is 47.1 Å². The number of pyridine rings is 1. The third kappa shape index (κ3) is 4.85. The summed E-state index contributed by atoms with van der Waals surface area (Å²) in [6.45, 7) is -1.37. The zero-order valence-electron chi connectivity index (χ0n) is 11.9. The molecular formula is C15H11ClF3NO3. The monoisotopic (exact) mass is 345 g/mol. The Morgan fingerprint density at radius 1 is 1.22 bits per heavy atom. The molecule has 1 heterocycles. The van der Waals surface area contributed by atoms with Gasteiger partial charge in [-0.05, 0) is 36.4 Å². The molecule has 0 atom stereocenters. The highest BCUT2D eigenvalue weighted by atomic mass is 35.5.